The number of nitrogens with one attached hydrogen (secondary N) is 1. The lowest BCUT2D eigenvalue weighted by Gasteiger charge is -2.05. The van der Waals surface area contributed by atoms with E-state index in [2.05, 4.69) is 40.3 Å². The predicted molar refractivity (Wildman–Crippen MR) is 110 cm³/mol. The zero-order valence-corrected chi connectivity index (χ0v) is 16.8. The highest BCUT2D eigenvalue weighted by molar-refractivity contribution is 9.10. The van der Waals surface area contributed by atoms with E-state index >= 15 is 0 Å². The Labute approximate surface area is 161 Å². The molecule has 0 fully saturated rings. The van der Waals surface area contributed by atoms with Crippen LogP contribution in [0.4, 0.5) is 10.8 Å². The van der Waals surface area contributed by atoms with Crippen LogP contribution in [-0.4, -0.2) is 11.6 Å². The minimum atomic E-state index is 0.679. The second-order valence-corrected chi connectivity index (χ2v) is 7.63. The maximum Gasteiger partial charge on any atom is 0.187 e. The van der Waals surface area contributed by atoms with Gasteiger partial charge in [0.1, 0.15) is 5.75 Å². The van der Waals surface area contributed by atoms with E-state index in [0.717, 1.165) is 45.1 Å². The largest absolute Gasteiger partial charge is 0.494 e. The summed E-state index contributed by atoms with van der Waals surface area (Å²) in [6, 6.07) is 16.3. The van der Waals surface area contributed by atoms with Crippen LogP contribution >= 0.6 is 27.3 Å². The normalized spacial score (nSPS) is 10.7. The summed E-state index contributed by atoms with van der Waals surface area (Å²) in [6.07, 6.45) is 2.13. The van der Waals surface area contributed by atoms with Crippen molar-refractivity contribution in [1.29, 1.82) is 0 Å². The first-order valence-corrected chi connectivity index (χ1v) is 10.1. The number of anilines is 2. The number of hydrogen-bond acceptors (Lipinski definition) is 4. The SMILES string of the molecule is CCCc1sc(Nc2ccc(Br)cc2)nc1-c1ccc(OCC)cc1. The van der Waals surface area contributed by atoms with E-state index in [0.29, 0.717) is 6.61 Å². The van der Waals surface area contributed by atoms with Gasteiger partial charge in [0.15, 0.2) is 5.13 Å². The van der Waals surface area contributed by atoms with E-state index in [1.165, 1.54) is 4.88 Å². The van der Waals surface area contributed by atoms with Gasteiger partial charge >= 0.3 is 0 Å². The van der Waals surface area contributed by atoms with Gasteiger partial charge in [0.2, 0.25) is 0 Å². The van der Waals surface area contributed by atoms with Crippen LogP contribution in [0.2, 0.25) is 0 Å². The molecule has 3 aromatic rings. The van der Waals surface area contributed by atoms with Crippen molar-refractivity contribution in [2.24, 2.45) is 0 Å². The molecule has 0 aliphatic carbocycles. The van der Waals surface area contributed by atoms with Gasteiger partial charge in [0.25, 0.3) is 0 Å². The summed E-state index contributed by atoms with van der Waals surface area (Å²) in [6.45, 7) is 4.87. The number of hydrogen-bond donors (Lipinski definition) is 1. The standard InChI is InChI=1S/C20H21BrN2OS/c1-3-5-18-19(14-6-12-17(13-7-14)24-4-2)23-20(25-18)22-16-10-8-15(21)9-11-16/h6-13H,3-5H2,1-2H3,(H,22,23). The van der Waals surface area contributed by atoms with Crippen LogP contribution in [-0.2, 0) is 6.42 Å². The van der Waals surface area contributed by atoms with Crippen molar-refractivity contribution in [3.8, 4) is 17.0 Å². The van der Waals surface area contributed by atoms with E-state index in [1.807, 2.05) is 43.3 Å². The lowest BCUT2D eigenvalue weighted by Crippen LogP contribution is -1.92. The smallest absolute Gasteiger partial charge is 0.187 e. The highest BCUT2D eigenvalue weighted by Crippen LogP contribution is 2.34. The van der Waals surface area contributed by atoms with E-state index in [-0.39, 0.29) is 0 Å². The summed E-state index contributed by atoms with van der Waals surface area (Å²) in [7, 11) is 0. The van der Waals surface area contributed by atoms with Gasteiger partial charge in [-0.2, -0.15) is 0 Å². The molecule has 0 saturated heterocycles. The molecule has 1 aromatic heterocycles. The number of halogens is 1. The van der Waals surface area contributed by atoms with Gasteiger partial charge in [-0.1, -0.05) is 29.3 Å². The number of aryl methyl sites for hydroxylation is 1. The number of benzene rings is 2. The molecule has 0 saturated carbocycles. The summed E-state index contributed by atoms with van der Waals surface area (Å²) < 4.78 is 6.60. The van der Waals surface area contributed by atoms with Gasteiger partial charge in [0.05, 0.1) is 12.3 Å². The molecule has 130 valence electrons. The Morgan fingerprint density at radius 2 is 1.76 bits per heavy atom. The third-order valence-electron chi connectivity index (χ3n) is 3.71. The first-order valence-electron chi connectivity index (χ1n) is 8.45. The first-order chi connectivity index (χ1) is 12.2. The van der Waals surface area contributed by atoms with Crippen molar-refractivity contribution in [3.05, 3.63) is 57.9 Å². The van der Waals surface area contributed by atoms with E-state index in [4.69, 9.17) is 9.72 Å². The molecule has 0 aliphatic heterocycles. The van der Waals surface area contributed by atoms with Gasteiger partial charge in [-0.3, -0.25) is 0 Å². The maximum atomic E-state index is 5.53. The number of thiazole rings is 1. The highest BCUT2D eigenvalue weighted by atomic mass is 79.9. The fourth-order valence-corrected chi connectivity index (χ4v) is 3.93. The summed E-state index contributed by atoms with van der Waals surface area (Å²) >= 11 is 5.19. The topological polar surface area (TPSA) is 34.2 Å². The first kappa shape index (κ1) is 18.0. The van der Waals surface area contributed by atoms with Crippen molar-refractivity contribution in [3.63, 3.8) is 0 Å². The molecule has 1 N–H and O–H groups in total. The third-order valence-corrected chi connectivity index (χ3v) is 5.27. The molecule has 3 rings (SSSR count). The second-order valence-electron chi connectivity index (χ2n) is 5.63. The predicted octanol–water partition coefficient (Wildman–Crippen LogP) is 6.67. The number of nitrogens with zero attached hydrogens (tertiary/aromatic N) is 1. The van der Waals surface area contributed by atoms with Gasteiger partial charge in [-0.25, -0.2) is 4.98 Å². The number of rotatable bonds is 7. The number of ether oxygens (including phenoxy) is 1. The summed E-state index contributed by atoms with van der Waals surface area (Å²) in [5.74, 6) is 0.895. The summed E-state index contributed by atoms with van der Waals surface area (Å²) in [4.78, 5) is 6.16. The fraction of sp³-hybridized carbons (Fsp3) is 0.250. The van der Waals surface area contributed by atoms with Crippen LogP contribution < -0.4 is 10.1 Å². The average Bonchev–Trinajstić information content (AvgIpc) is 3.01. The van der Waals surface area contributed by atoms with Gasteiger partial charge in [0, 0.05) is 20.6 Å². The zero-order valence-electron chi connectivity index (χ0n) is 14.4. The number of aromatic nitrogens is 1. The minimum Gasteiger partial charge on any atom is -0.494 e. The van der Waals surface area contributed by atoms with Gasteiger partial charge < -0.3 is 10.1 Å². The molecule has 0 amide bonds. The molecule has 2 aromatic carbocycles. The Morgan fingerprint density at radius 1 is 1.04 bits per heavy atom. The van der Waals surface area contributed by atoms with Crippen molar-refractivity contribution in [1.82, 2.24) is 4.98 Å². The molecule has 0 radical (unpaired) electrons. The van der Waals surface area contributed by atoms with Crippen LogP contribution in [0.1, 0.15) is 25.1 Å². The van der Waals surface area contributed by atoms with Crippen LogP contribution in [0.5, 0.6) is 5.75 Å². The summed E-state index contributed by atoms with van der Waals surface area (Å²) in [5.41, 5.74) is 3.24. The molecule has 5 heteroatoms. The van der Waals surface area contributed by atoms with Crippen molar-refractivity contribution in [2.45, 2.75) is 26.7 Å². The monoisotopic (exact) mass is 416 g/mol. The molecule has 3 nitrogen and oxygen atoms in total. The molecule has 0 aliphatic rings. The molecule has 0 spiro atoms. The fourth-order valence-electron chi connectivity index (χ4n) is 2.56. The Morgan fingerprint density at radius 3 is 2.40 bits per heavy atom. The maximum absolute atomic E-state index is 5.53. The minimum absolute atomic E-state index is 0.679. The molecule has 25 heavy (non-hydrogen) atoms. The molecule has 0 atom stereocenters. The van der Waals surface area contributed by atoms with E-state index in [9.17, 15) is 0 Å². The molecular weight excluding hydrogens is 396 g/mol. The van der Waals surface area contributed by atoms with Crippen molar-refractivity contribution < 1.29 is 4.74 Å². The second kappa shape index (κ2) is 8.50. The van der Waals surface area contributed by atoms with E-state index < -0.39 is 0 Å². The van der Waals surface area contributed by atoms with Crippen LogP contribution in [0, 0.1) is 0 Å². The summed E-state index contributed by atoms with van der Waals surface area (Å²) in [5, 5.41) is 4.34. The Bertz CT molecular complexity index is 813. The Kier molecular flexibility index (Phi) is 6.10. The van der Waals surface area contributed by atoms with Crippen LogP contribution in [0.25, 0.3) is 11.3 Å². The molecule has 0 bridgehead atoms. The van der Waals surface area contributed by atoms with Crippen LogP contribution in [0.3, 0.4) is 0 Å². The van der Waals surface area contributed by atoms with Crippen molar-refractivity contribution >= 4 is 38.1 Å². The zero-order chi connectivity index (χ0) is 17.6. The Hall–Kier alpha value is -1.85. The quantitative estimate of drug-likeness (QED) is 0.466. The molecular formula is C20H21BrN2OS. The lowest BCUT2D eigenvalue weighted by molar-refractivity contribution is 0.340. The van der Waals surface area contributed by atoms with Crippen molar-refractivity contribution in [2.75, 3.05) is 11.9 Å². The van der Waals surface area contributed by atoms with Gasteiger partial charge in [-0.05, 0) is 61.9 Å². The van der Waals surface area contributed by atoms with Gasteiger partial charge in [-0.15, -0.1) is 11.3 Å². The lowest BCUT2D eigenvalue weighted by atomic mass is 10.1. The Balaban J connectivity index is 1.87. The highest BCUT2D eigenvalue weighted by Gasteiger charge is 2.13. The molecule has 0 unspecified atom stereocenters. The molecule has 1 heterocycles. The van der Waals surface area contributed by atoms with E-state index in [1.54, 1.807) is 11.3 Å². The van der Waals surface area contributed by atoms with Crippen LogP contribution in [0.15, 0.2) is 53.0 Å². The third kappa shape index (κ3) is 4.61. The average molecular weight is 417 g/mol.